The van der Waals surface area contributed by atoms with E-state index in [1.807, 2.05) is 6.07 Å². The molecule has 1 fully saturated rings. The zero-order chi connectivity index (χ0) is 17.8. The van der Waals surface area contributed by atoms with Crippen LogP contribution in [0.25, 0.3) is 0 Å². The van der Waals surface area contributed by atoms with Gasteiger partial charge in [-0.3, -0.25) is 4.99 Å². The lowest BCUT2D eigenvalue weighted by Crippen LogP contribution is -2.51. The molecule has 26 heavy (non-hydrogen) atoms. The van der Waals surface area contributed by atoms with Gasteiger partial charge in [-0.15, -0.1) is 0 Å². The maximum absolute atomic E-state index is 6.30. The van der Waals surface area contributed by atoms with Crippen LogP contribution >= 0.6 is 0 Å². The molecule has 6 nitrogen and oxygen atoms in total. The average Bonchev–Trinajstić information content (AvgIpc) is 2.73. The van der Waals surface area contributed by atoms with E-state index in [1.165, 1.54) is 30.4 Å². The van der Waals surface area contributed by atoms with Gasteiger partial charge in [0.2, 0.25) is 5.95 Å². The minimum Gasteiger partial charge on any atom is -0.370 e. The number of hydrogen-bond donors (Lipinski definition) is 1. The van der Waals surface area contributed by atoms with E-state index in [0.717, 1.165) is 38.7 Å². The predicted molar refractivity (Wildman–Crippen MR) is 104 cm³/mol. The summed E-state index contributed by atoms with van der Waals surface area (Å²) in [4.78, 5) is 17.8. The highest BCUT2D eigenvalue weighted by atomic mass is 15.3. The van der Waals surface area contributed by atoms with Gasteiger partial charge in [-0.1, -0.05) is 24.3 Å². The number of hydrogen-bond acceptors (Lipinski definition) is 4. The second-order valence-corrected chi connectivity index (χ2v) is 7.01. The van der Waals surface area contributed by atoms with Gasteiger partial charge in [0, 0.05) is 51.0 Å². The number of rotatable bonds is 3. The number of aromatic nitrogens is 2. The largest absolute Gasteiger partial charge is 0.370 e. The molecule has 1 unspecified atom stereocenters. The molecular weight excluding hydrogens is 324 g/mol. The smallest absolute Gasteiger partial charge is 0.225 e. The van der Waals surface area contributed by atoms with Crippen molar-refractivity contribution in [3.63, 3.8) is 0 Å². The van der Waals surface area contributed by atoms with Crippen LogP contribution in [-0.4, -0.2) is 53.6 Å². The van der Waals surface area contributed by atoms with E-state index >= 15 is 0 Å². The summed E-state index contributed by atoms with van der Waals surface area (Å²) < 4.78 is 0. The van der Waals surface area contributed by atoms with Crippen LogP contribution in [0.4, 0.5) is 5.95 Å². The lowest BCUT2D eigenvalue weighted by atomic mass is 9.83. The van der Waals surface area contributed by atoms with E-state index < -0.39 is 0 Å². The molecule has 2 aromatic rings. The van der Waals surface area contributed by atoms with Gasteiger partial charge >= 0.3 is 0 Å². The Morgan fingerprint density at radius 1 is 1.08 bits per heavy atom. The maximum Gasteiger partial charge on any atom is 0.225 e. The second kappa shape index (κ2) is 7.72. The molecule has 0 bridgehead atoms. The molecule has 1 aliphatic carbocycles. The highest BCUT2D eigenvalue weighted by molar-refractivity contribution is 5.78. The Balaban J connectivity index is 1.35. The number of nitrogens with two attached hydrogens (primary N) is 1. The third-order valence-electron chi connectivity index (χ3n) is 5.41. The normalized spacial score (nSPS) is 20.8. The van der Waals surface area contributed by atoms with E-state index in [1.54, 1.807) is 12.4 Å². The minimum atomic E-state index is 0.498. The quantitative estimate of drug-likeness (QED) is 0.677. The van der Waals surface area contributed by atoms with E-state index in [0.29, 0.717) is 11.9 Å². The van der Waals surface area contributed by atoms with Crippen LogP contribution in [0, 0.1) is 0 Å². The molecular formula is C20H26N6. The zero-order valence-corrected chi connectivity index (χ0v) is 15.1. The maximum atomic E-state index is 6.30. The van der Waals surface area contributed by atoms with Gasteiger partial charge in [0.15, 0.2) is 5.96 Å². The molecule has 136 valence electrons. The van der Waals surface area contributed by atoms with Crippen molar-refractivity contribution in [2.24, 2.45) is 10.7 Å². The average molecular weight is 350 g/mol. The van der Waals surface area contributed by atoms with E-state index in [2.05, 4.69) is 44.0 Å². The Morgan fingerprint density at radius 2 is 1.85 bits per heavy atom. The number of aryl methyl sites for hydroxylation is 1. The van der Waals surface area contributed by atoms with Crippen LogP contribution in [0.2, 0.25) is 0 Å². The van der Waals surface area contributed by atoms with Crippen molar-refractivity contribution < 1.29 is 0 Å². The monoisotopic (exact) mass is 350 g/mol. The fraction of sp³-hybridized carbons (Fsp3) is 0.450. The Morgan fingerprint density at radius 3 is 2.65 bits per heavy atom. The number of aliphatic imine (C=N–C) groups is 1. The predicted octanol–water partition coefficient (Wildman–Crippen LogP) is 2.03. The summed E-state index contributed by atoms with van der Waals surface area (Å²) in [5.74, 6) is 1.96. The summed E-state index contributed by atoms with van der Waals surface area (Å²) >= 11 is 0. The number of piperazine rings is 1. The van der Waals surface area contributed by atoms with Crippen LogP contribution in [0.3, 0.4) is 0 Å². The fourth-order valence-electron chi connectivity index (χ4n) is 3.94. The van der Waals surface area contributed by atoms with Crippen molar-refractivity contribution in [3.8, 4) is 0 Å². The zero-order valence-electron chi connectivity index (χ0n) is 15.1. The van der Waals surface area contributed by atoms with Crippen molar-refractivity contribution in [2.45, 2.75) is 25.2 Å². The summed E-state index contributed by atoms with van der Waals surface area (Å²) in [7, 11) is 0. The second-order valence-electron chi connectivity index (χ2n) is 7.01. The van der Waals surface area contributed by atoms with Gasteiger partial charge in [0.05, 0.1) is 0 Å². The van der Waals surface area contributed by atoms with Crippen molar-refractivity contribution in [1.29, 1.82) is 0 Å². The van der Waals surface area contributed by atoms with Crippen LogP contribution in [-0.2, 0) is 6.42 Å². The molecule has 1 aromatic carbocycles. The summed E-state index contributed by atoms with van der Waals surface area (Å²) in [6.45, 7) is 4.23. The highest BCUT2D eigenvalue weighted by Crippen LogP contribution is 2.31. The lowest BCUT2D eigenvalue weighted by Gasteiger charge is -2.35. The molecule has 0 spiro atoms. The Bertz CT molecular complexity index is 752. The van der Waals surface area contributed by atoms with Crippen molar-refractivity contribution in [3.05, 3.63) is 53.9 Å². The van der Waals surface area contributed by atoms with Gasteiger partial charge in [0.25, 0.3) is 0 Å². The van der Waals surface area contributed by atoms with E-state index in [4.69, 9.17) is 10.7 Å². The highest BCUT2D eigenvalue weighted by Gasteiger charge is 2.22. The van der Waals surface area contributed by atoms with Crippen LogP contribution in [0.15, 0.2) is 47.7 Å². The fourth-order valence-corrected chi connectivity index (χ4v) is 3.94. The first-order valence-electron chi connectivity index (χ1n) is 9.46. The summed E-state index contributed by atoms with van der Waals surface area (Å²) in [6.07, 6.45) is 7.20. The third-order valence-corrected chi connectivity index (χ3v) is 5.41. The molecule has 4 rings (SSSR count). The molecule has 1 saturated heterocycles. The Hall–Kier alpha value is -2.63. The first kappa shape index (κ1) is 16.8. The van der Waals surface area contributed by atoms with Crippen molar-refractivity contribution in [2.75, 3.05) is 37.6 Å². The minimum absolute atomic E-state index is 0.498. The van der Waals surface area contributed by atoms with Gasteiger partial charge < -0.3 is 15.5 Å². The number of benzene rings is 1. The molecule has 2 aliphatic rings. The van der Waals surface area contributed by atoms with Gasteiger partial charge in [-0.05, 0) is 36.5 Å². The van der Waals surface area contributed by atoms with E-state index in [-0.39, 0.29) is 0 Å². The van der Waals surface area contributed by atoms with Gasteiger partial charge in [-0.2, -0.15) is 0 Å². The molecule has 1 atom stereocenters. The molecule has 0 saturated carbocycles. The SMILES string of the molecule is NC(=NCC1CCCc2ccccc21)N1CCN(c2ncccn2)CC1. The van der Waals surface area contributed by atoms with Crippen LogP contribution in [0.1, 0.15) is 29.9 Å². The standard InChI is InChI=1S/C20H26N6/c21-19(24-15-17-7-3-6-16-5-1-2-8-18(16)17)25-11-13-26(14-12-25)20-22-9-4-10-23-20/h1-2,4-5,8-10,17H,3,6-7,11-15H2,(H2,21,24). The summed E-state index contributed by atoms with van der Waals surface area (Å²) in [6, 6.07) is 10.6. The molecule has 1 aliphatic heterocycles. The topological polar surface area (TPSA) is 70.6 Å². The first-order valence-corrected chi connectivity index (χ1v) is 9.46. The number of fused-ring (bicyclic) bond motifs is 1. The van der Waals surface area contributed by atoms with Crippen molar-refractivity contribution in [1.82, 2.24) is 14.9 Å². The van der Waals surface area contributed by atoms with E-state index in [9.17, 15) is 0 Å². The Labute approximate surface area is 154 Å². The number of nitrogens with zero attached hydrogens (tertiary/aromatic N) is 5. The number of anilines is 1. The lowest BCUT2D eigenvalue weighted by molar-refractivity contribution is 0.377. The van der Waals surface area contributed by atoms with Crippen molar-refractivity contribution >= 4 is 11.9 Å². The van der Waals surface area contributed by atoms with Crippen LogP contribution in [0.5, 0.6) is 0 Å². The molecule has 1 aromatic heterocycles. The molecule has 2 N–H and O–H groups in total. The van der Waals surface area contributed by atoms with Gasteiger partial charge in [-0.25, -0.2) is 9.97 Å². The summed E-state index contributed by atoms with van der Waals surface area (Å²) in [5.41, 5.74) is 9.24. The third kappa shape index (κ3) is 3.64. The molecule has 0 amide bonds. The molecule has 6 heteroatoms. The molecule has 0 radical (unpaired) electrons. The van der Waals surface area contributed by atoms with Crippen LogP contribution < -0.4 is 10.6 Å². The molecule has 2 heterocycles. The Kier molecular flexibility index (Phi) is 5.00. The summed E-state index contributed by atoms with van der Waals surface area (Å²) in [5, 5.41) is 0. The van der Waals surface area contributed by atoms with Gasteiger partial charge in [0.1, 0.15) is 0 Å². The number of guanidine groups is 1. The first-order chi connectivity index (χ1) is 12.8.